The van der Waals surface area contributed by atoms with E-state index in [-0.39, 0.29) is 18.2 Å². The molecule has 0 saturated heterocycles. The van der Waals surface area contributed by atoms with Gasteiger partial charge in [0.15, 0.2) is 0 Å². The smallest absolute Gasteiger partial charge is 0.220 e. The largest absolute Gasteiger partial charge is 0.370 e. The molecule has 0 aliphatic carbocycles. The zero-order valence-corrected chi connectivity index (χ0v) is 8.92. The highest BCUT2D eigenvalue weighted by Crippen LogP contribution is 1.93. The van der Waals surface area contributed by atoms with Crippen molar-refractivity contribution in [1.82, 2.24) is 10.6 Å². The predicted molar refractivity (Wildman–Crippen MR) is 58.0 cm³/mol. The Labute approximate surface area is 89.8 Å². The topological polar surface area (TPSA) is 110 Å². The molecule has 6 N–H and O–H groups in total. The van der Waals surface area contributed by atoms with Gasteiger partial charge in [-0.05, 0) is 6.42 Å². The number of amides is 2. The molecule has 0 unspecified atom stereocenters. The third-order valence-corrected chi connectivity index (χ3v) is 1.77. The highest BCUT2D eigenvalue weighted by atomic mass is 16.2. The van der Waals surface area contributed by atoms with Crippen LogP contribution in [0.2, 0.25) is 0 Å². The molecule has 0 fully saturated rings. The van der Waals surface area contributed by atoms with Crippen LogP contribution in [0.15, 0.2) is 0 Å². The van der Waals surface area contributed by atoms with Crippen molar-refractivity contribution in [2.75, 3.05) is 26.2 Å². The Kier molecular flexibility index (Phi) is 8.70. The van der Waals surface area contributed by atoms with Crippen molar-refractivity contribution in [1.29, 1.82) is 0 Å². The van der Waals surface area contributed by atoms with Crippen LogP contribution in [0.1, 0.15) is 19.3 Å². The Morgan fingerprint density at radius 2 is 1.80 bits per heavy atom. The van der Waals surface area contributed by atoms with Gasteiger partial charge in [-0.1, -0.05) is 0 Å². The third kappa shape index (κ3) is 10.8. The highest BCUT2D eigenvalue weighted by molar-refractivity contribution is 5.77. The molecule has 2 amide bonds. The molecule has 0 bridgehead atoms. The molecule has 0 saturated carbocycles. The number of carbonyl (C=O) groups excluding carboxylic acids is 2. The molecule has 0 atom stereocenters. The molecule has 0 aromatic rings. The second-order valence-electron chi connectivity index (χ2n) is 3.21. The Balaban J connectivity index is 3.22. The monoisotopic (exact) mass is 216 g/mol. The zero-order valence-electron chi connectivity index (χ0n) is 8.92. The van der Waals surface area contributed by atoms with Gasteiger partial charge in [-0.2, -0.15) is 0 Å². The molecule has 0 heterocycles. The molecule has 0 aliphatic rings. The predicted octanol–water partition coefficient (Wildman–Crippen LogP) is -1.69. The Hall–Kier alpha value is -1.14. The van der Waals surface area contributed by atoms with Gasteiger partial charge in [-0.25, -0.2) is 0 Å². The first-order valence-corrected chi connectivity index (χ1v) is 5.12. The van der Waals surface area contributed by atoms with Crippen molar-refractivity contribution in [2.45, 2.75) is 19.3 Å². The van der Waals surface area contributed by atoms with Crippen LogP contribution in [0.3, 0.4) is 0 Å². The first-order chi connectivity index (χ1) is 7.16. The van der Waals surface area contributed by atoms with E-state index in [4.69, 9.17) is 11.5 Å². The Morgan fingerprint density at radius 1 is 1.07 bits per heavy atom. The van der Waals surface area contributed by atoms with Gasteiger partial charge in [0.25, 0.3) is 0 Å². The van der Waals surface area contributed by atoms with Crippen LogP contribution in [0.25, 0.3) is 0 Å². The number of nitrogens with one attached hydrogen (secondary N) is 2. The first kappa shape index (κ1) is 13.9. The Bertz CT molecular complexity index is 197. The molecular formula is C9H20N4O2. The highest BCUT2D eigenvalue weighted by Gasteiger charge is 2.01. The van der Waals surface area contributed by atoms with Gasteiger partial charge in [0.1, 0.15) is 0 Å². The lowest BCUT2D eigenvalue weighted by atomic mass is 10.2. The van der Waals surface area contributed by atoms with Crippen molar-refractivity contribution >= 4 is 11.8 Å². The fourth-order valence-electron chi connectivity index (χ4n) is 1.03. The van der Waals surface area contributed by atoms with Crippen LogP contribution in [0.4, 0.5) is 0 Å². The van der Waals surface area contributed by atoms with Crippen LogP contribution < -0.4 is 22.1 Å². The average Bonchev–Trinajstić information content (AvgIpc) is 2.17. The molecule has 6 heteroatoms. The van der Waals surface area contributed by atoms with Crippen LogP contribution in [-0.2, 0) is 9.59 Å². The second kappa shape index (κ2) is 9.42. The normalized spacial score (nSPS) is 9.93. The van der Waals surface area contributed by atoms with Crippen LogP contribution in [-0.4, -0.2) is 38.0 Å². The number of hydrogen-bond donors (Lipinski definition) is 4. The summed E-state index contributed by atoms with van der Waals surface area (Å²) in [5.41, 5.74) is 10.2. The molecule has 0 aliphatic heterocycles. The minimum Gasteiger partial charge on any atom is -0.370 e. The van der Waals surface area contributed by atoms with E-state index in [2.05, 4.69) is 10.6 Å². The number of primary amides is 1. The summed E-state index contributed by atoms with van der Waals surface area (Å²) in [6.07, 6.45) is 1.12. The molecule has 0 spiro atoms. The molecule has 0 radical (unpaired) electrons. The summed E-state index contributed by atoms with van der Waals surface area (Å²) in [5.74, 6) is -0.418. The molecule has 15 heavy (non-hydrogen) atoms. The maximum Gasteiger partial charge on any atom is 0.220 e. The SMILES string of the molecule is NCCNCCNC(=O)CCCC(N)=O. The van der Waals surface area contributed by atoms with E-state index in [0.29, 0.717) is 32.5 Å². The van der Waals surface area contributed by atoms with Gasteiger partial charge < -0.3 is 22.1 Å². The van der Waals surface area contributed by atoms with Gasteiger partial charge in [0, 0.05) is 39.0 Å². The summed E-state index contributed by atoms with van der Waals surface area (Å²) in [6, 6.07) is 0. The van der Waals surface area contributed by atoms with Gasteiger partial charge in [-0.3, -0.25) is 9.59 Å². The fourth-order valence-corrected chi connectivity index (χ4v) is 1.03. The molecule has 6 nitrogen and oxygen atoms in total. The minimum absolute atomic E-state index is 0.0502. The van der Waals surface area contributed by atoms with Crippen LogP contribution in [0, 0.1) is 0 Å². The second-order valence-corrected chi connectivity index (χ2v) is 3.21. The van der Waals surface area contributed by atoms with Crippen molar-refractivity contribution in [3.05, 3.63) is 0 Å². The van der Waals surface area contributed by atoms with E-state index in [1.54, 1.807) is 0 Å². The molecule has 0 rings (SSSR count). The summed E-state index contributed by atoms with van der Waals surface area (Å²) < 4.78 is 0. The Morgan fingerprint density at radius 3 is 2.40 bits per heavy atom. The standard InChI is InChI=1S/C9H20N4O2/c10-4-5-12-6-7-13-9(15)3-1-2-8(11)14/h12H,1-7,10H2,(H2,11,14)(H,13,15). The van der Waals surface area contributed by atoms with E-state index in [1.165, 1.54) is 0 Å². The van der Waals surface area contributed by atoms with E-state index >= 15 is 0 Å². The first-order valence-electron chi connectivity index (χ1n) is 5.12. The lowest BCUT2D eigenvalue weighted by Crippen LogP contribution is -2.33. The molecule has 0 aromatic carbocycles. The van der Waals surface area contributed by atoms with E-state index in [0.717, 1.165) is 6.54 Å². The maximum atomic E-state index is 11.1. The van der Waals surface area contributed by atoms with E-state index < -0.39 is 0 Å². The van der Waals surface area contributed by atoms with Gasteiger partial charge in [0.2, 0.25) is 11.8 Å². The summed E-state index contributed by atoms with van der Waals surface area (Å²) in [4.78, 5) is 21.5. The number of carbonyl (C=O) groups is 2. The fraction of sp³-hybridized carbons (Fsp3) is 0.778. The van der Waals surface area contributed by atoms with Crippen molar-refractivity contribution < 1.29 is 9.59 Å². The number of nitrogens with two attached hydrogens (primary N) is 2. The van der Waals surface area contributed by atoms with Crippen LogP contribution >= 0.6 is 0 Å². The summed E-state index contributed by atoms with van der Waals surface area (Å²) >= 11 is 0. The van der Waals surface area contributed by atoms with Gasteiger partial charge >= 0.3 is 0 Å². The summed E-state index contributed by atoms with van der Waals surface area (Å²) in [5, 5.41) is 5.77. The molecule has 0 aromatic heterocycles. The maximum absolute atomic E-state index is 11.1. The molecule has 88 valence electrons. The molecular weight excluding hydrogens is 196 g/mol. The third-order valence-electron chi connectivity index (χ3n) is 1.77. The van der Waals surface area contributed by atoms with Gasteiger partial charge in [-0.15, -0.1) is 0 Å². The zero-order chi connectivity index (χ0) is 11.5. The van der Waals surface area contributed by atoms with Gasteiger partial charge in [0.05, 0.1) is 0 Å². The van der Waals surface area contributed by atoms with E-state index in [9.17, 15) is 9.59 Å². The number of hydrogen-bond acceptors (Lipinski definition) is 4. The summed E-state index contributed by atoms with van der Waals surface area (Å²) in [6.45, 7) is 2.62. The number of rotatable bonds is 9. The quantitative estimate of drug-likeness (QED) is 0.344. The summed E-state index contributed by atoms with van der Waals surface area (Å²) in [7, 11) is 0. The lowest BCUT2D eigenvalue weighted by molar-refractivity contribution is -0.121. The lowest BCUT2D eigenvalue weighted by Gasteiger charge is -2.05. The van der Waals surface area contributed by atoms with Crippen molar-refractivity contribution in [3.8, 4) is 0 Å². The van der Waals surface area contributed by atoms with Crippen molar-refractivity contribution in [3.63, 3.8) is 0 Å². The average molecular weight is 216 g/mol. The minimum atomic E-state index is -0.368. The van der Waals surface area contributed by atoms with Crippen LogP contribution in [0.5, 0.6) is 0 Å². The van der Waals surface area contributed by atoms with E-state index in [1.807, 2.05) is 0 Å². The van der Waals surface area contributed by atoms with Crippen molar-refractivity contribution in [2.24, 2.45) is 11.5 Å².